The monoisotopic (exact) mass is 436 g/mol. The lowest BCUT2D eigenvalue weighted by molar-refractivity contribution is -0.384. The predicted octanol–water partition coefficient (Wildman–Crippen LogP) is 4.91. The van der Waals surface area contributed by atoms with Gasteiger partial charge in [0.1, 0.15) is 5.78 Å². The summed E-state index contributed by atoms with van der Waals surface area (Å²) in [5.74, 6) is 2.63. The predicted molar refractivity (Wildman–Crippen MR) is 119 cm³/mol. The number of ketones is 1. The van der Waals surface area contributed by atoms with Crippen molar-refractivity contribution < 1.29 is 14.5 Å². The Bertz CT molecular complexity index is 1020. The maximum Gasteiger partial charge on any atom is 0.269 e. The lowest BCUT2D eigenvalue weighted by atomic mass is 9.45. The average molecular weight is 437 g/mol. The molecule has 32 heavy (non-hydrogen) atoms. The highest BCUT2D eigenvalue weighted by Crippen LogP contribution is 2.81. The zero-order chi connectivity index (χ0) is 22.5. The molecule has 0 aliphatic heterocycles. The fourth-order valence-corrected chi connectivity index (χ4v) is 9.29. The van der Waals surface area contributed by atoms with Crippen LogP contribution in [0.2, 0.25) is 0 Å². The Morgan fingerprint density at radius 2 is 1.84 bits per heavy atom. The Hall–Kier alpha value is -2.24. The van der Waals surface area contributed by atoms with Crippen LogP contribution < -0.4 is 5.32 Å². The van der Waals surface area contributed by atoms with E-state index in [-0.39, 0.29) is 33.9 Å². The summed E-state index contributed by atoms with van der Waals surface area (Å²) in [6.45, 7) is 4.69. The van der Waals surface area contributed by atoms with Crippen LogP contribution >= 0.6 is 0 Å². The van der Waals surface area contributed by atoms with Gasteiger partial charge in [0.05, 0.1) is 4.92 Å². The lowest BCUT2D eigenvalue weighted by Crippen LogP contribution is -2.60. The molecule has 5 fully saturated rings. The van der Waals surface area contributed by atoms with Crippen LogP contribution in [-0.4, -0.2) is 22.7 Å². The van der Waals surface area contributed by atoms with Gasteiger partial charge in [0.2, 0.25) is 0 Å². The molecule has 6 heteroatoms. The molecule has 6 rings (SSSR count). The normalized spacial score (nSPS) is 45.9. The molecule has 0 bridgehead atoms. The molecule has 1 aromatic rings. The Labute approximate surface area is 188 Å². The van der Waals surface area contributed by atoms with Crippen molar-refractivity contribution in [3.8, 4) is 0 Å². The molecular formula is C26H32N2O4. The van der Waals surface area contributed by atoms with Crippen molar-refractivity contribution >= 4 is 17.4 Å². The number of nitrogens with one attached hydrogen (secondary N) is 1. The molecule has 1 spiro atoms. The minimum absolute atomic E-state index is 0.00123. The van der Waals surface area contributed by atoms with Crippen molar-refractivity contribution in [3.63, 3.8) is 0 Å². The van der Waals surface area contributed by atoms with Crippen LogP contribution in [0.4, 0.5) is 5.69 Å². The van der Waals surface area contributed by atoms with E-state index in [1.165, 1.54) is 31.4 Å². The number of rotatable bonds is 3. The van der Waals surface area contributed by atoms with Gasteiger partial charge in [-0.2, -0.15) is 0 Å². The fraction of sp³-hybridized carbons (Fsp3) is 0.692. The van der Waals surface area contributed by atoms with Gasteiger partial charge in [-0.25, -0.2) is 0 Å². The standard InChI is InChI=1S/C26H32N2O4/c1-24-11-10-20-18(19(24)7-8-22(24)29)13-21(26-14-16(26)9-12-25(20,26)2)27-23(30)15-3-5-17(6-4-15)28(31)32/h3-6,16,18-21H,7-14H2,1-2H3,(H,27,30). The largest absolute Gasteiger partial charge is 0.349 e. The average Bonchev–Trinajstić information content (AvgIpc) is 3.33. The number of carbonyl (C=O) groups is 2. The summed E-state index contributed by atoms with van der Waals surface area (Å²) in [5, 5.41) is 14.4. The lowest BCUT2D eigenvalue weighted by Gasteiger charge is -2.60. The molecule has 5 saturated carbocycles. The Balaban J connectivity index is 1.31. The van der Waals surface area contributed by atoms with E-state index in [4.69, 9.17) is 0 Å². The third kappa shape index (κ3) is 2.41. The van der Waals surface area contributed by atoms with Gasteiger partial charge in [-0.3, -0.25) is 19.7 Å². The highest BCUT2D eigenvalue weighted by Gasteiger charge is 2.77. The van der Waals surface area contributed by atoms with E-state index < -0.39 is 4.92 Å². The van der Waals surface area contributed by atoms with Crippen molar-refractivity contribution in [1.82, 2.24) is 5.32 Å². The SMILES string of the molecule is CC12CCC3C(CC(NC(=O)c4ccc([N+](=O)[O-])cc4)C45CC4CCC35C)C1CCC2=O. The van der Waals surface area contributed by atoms with Crippen LogP contribution in [0, 0.1) is 50.0 Å². The molecule has 1 amide bonds. The number of non-ortho nitro benzene ring substituents is 1. The molecule has 5 aliphatic rings. The Morgan fingerprint density at radius 3 is 2.53 bits per heavy atom. The van der Waals surface area contributed by atoms with Crippen LogP contribution in [0.25, 0.3) is 0 Å². The third-order valence-electron chi connectivity index (χ3n) is 11.0. The number of amides is 1. The van der Waals surface area contributed by atoms with Crippen molar-refractivity contribution in [2.75, 3.05) is 0 Å². The summed E-state index contributed by atoms with van der Waals surface area (Å²) in [7, 11) is 0. The molecule has 8 unspecified atom stereocenters. The van der Waals surface area contributed by atoms with Crippen molar-refractivity contribution in [2.45, 2.75) is 71.3 Å². The number of hydrogen-bond acceptors (Lipinski definition) is 4. The summed E-state index contributed by atoms with van der Waals surface area (Å²) in [5.41, 5.74) is 0.743. The highest BCUT2D eigenvalue weighted by atomic mass is 16.6. The fourth-order valence-electron chi connectivity index (χ4n) is 9.29. The summed E-state index contributed by atoms with van der Waals surface area (Å²) >= 11 is 0. The smallest absolute Gasteiger partial charge is 0.269 e. The van der Waals surface area contributed by atoms with E-state index in [1.54, 1.807) is 12.1 Å². The zero-order valence-corrected chi connectivity index (χ0v) is 18.9. The molecule has 0 aromatic heterocycles. The molecule has 8 atom stereocenters. The molecule has 170 valence electrons. The van der Waals surface area contributed by atoms with E-state index in [0.717, 1.165) is 25.7 Å². The number of fused-ring (bicyclic) bond motifs is 4. The minimum Gasteiger partial charge on any atom is -0.349 e. The molecule has 0 heterocycles. The number of Topliss-reactive ketones (excluding diaryl/α,β-unsaturated/α-hetero) is 1. The Morgan fingerprint density at radius 1 is 1.09 bits per heavy atom. The number of nitro groups is 1. The van der Waals surface area contributed by atoms with Crippen molar-refractivity contribution in [2.24, 2.45) is 39.9 Å². The first kappa shape index (κ1) is 20.4. The number of nitro benzene ring substituents is 1. The summed E-state index contributed by atoms with van der Waals surface area (Å²) in [6.07, 6.45) is 8.58. The molecule has 0 saturated heterocycles. The van der Waals surface area contributed by atoms with Gasteiger partial charge >= 0.3 is 0 Å². The Kier molecular flexibility index (Phi) is 4.09. The summed E-state index contributed by atoms with van der Waals surface area (Å²) < 4.78 is 0. The molecule has 1 aromatic carbocycles. The van der Waals surface area contributed by atoms with Crippen LogP contribution in [-0.2, 0) is 4.79 Å². The first-order chi connectivity index (χ1) is 15.2. The first-order valence-electron chi connectivity index (χ1n) is 12.3. The topological polar surface area (TPSA) is 89.3 Å². The first-order valence-corrected chi connectivity index (χ1v) is 12.3. The molecule has 6 nitrogen and oxygen atoms in total. The van der Waals surface area contributed by atoms with Gasteiger partial charge in [-0.15, -0.1) is 0 Å². The van der Waals surface area contributed by atoms with Gasteiger partial charge in [0.25, 0.3) is 11.6 Å². The third-order valence-corrected chi connectivity index (χ3v) is 11.0. The summed E-state index contributed by atoms with van der Waals surface area (Å²) in [6, 6.07) is 6.05. The number of hydrogen-bond donors (Lipinski definition) is 1. The van der Waals surface area contributed by atoms with Gasteiger partial charge in [0, 0.05) is 35.6 Å². The minimum atomic E-state index is -0.441. The van der Waals surface area contributed by atoms with Crippen LogP contribution in [0.15, 0.2) is 24.3 Å². The van der Waals surface area contributed by atoms with Crippen molar-refractivity contribution in [1.29, 1.82) is 0 Å². The van der Waals surface area contributed by atoms with Crippen LogP contribution in [0.1, 0.15) is 75.6 Å². The second-order valence-electron chi connectivity index (χ2n) is 11.8. The molecular weight excluding hydrogens is 404 g/mol. The van der Waals surface area contributed by atoms with Gasteiger partial charge in [-0.05, 0) is 91.6 Å². The maximum absolute atomic E-state index is 13.2. The molecule has 5 aliphatic carbocycles. The van der Waals surface area contributed by atoms with Crippen LogP contribution in [0.3, 0.4) is 0 Å². The number of benzene rings is 1. The molecule has 0 radical (unpaired) electrons. The van der Waals surface area contributed by atoms with Crippen LogP contribution in [0.5, 0.6) is 0 Å². The van der Waals surface area contributed by atoms with E-state index in [1.807, 2.05) is 0 Å². The van der Waals surface area contributed by atoms with Crippen molar-refractivity contribution in [3.05, 3.63) is 39.9 Å². The van der Waals surface area contributed by atoms with E-state index >= 15 is 0 Å². The van der Waals surface area contributed by atoms with Gasteiger partial charge in [-0.1, -0.05) is 13.8 Å². The van der Waals surface area contributed by atoms with Gasteiger partial charge in [0.15, 0.2) is 0 Å². The van der Waals surface area contributed by atoms with E-state index in [9.17, 15) is 19.7 Å². The second kappa shape index (κ2) is 6.42. The van der Waals surface area contributed by atoms with E-state index in [2.05, 4.69) is 19.2 Å². The number of nitrogens with zero attached hydrogens (tertiary/aromatic N) is 1. The maximum atomic E-state index is 13.2. The molecule has 1 N–H and O–H groups in total. The van der Waals surface area contributed by atoms with E-state index in [0.29, 0.717) is 41.4 Å². The zero-order valence-electron chi connectivity index (χ0n) is 18.9. The van der Waals surface area contributed by atoms with Gasteiger partial charge < -0.3 is 5.32 Å². The summed E-state index contributed by atoms with van der Waals surface area (Å²) in [4.78, 5) is 36.5. The highest BCUT2D eigenvalue weighted by molar-refractivity contribution is 5.94. The second-order valence-corrected chi connectivity index (χ2v) is 11.8. The number of carbonyl (C=O) groups excluding carboxylic acids is 2. The quantitative estimate of drug-likeness (QED) is 0.538.